The van der Waals surface area contributed by atoms with E-state index in [0.29, 0.717) is 0 Å². The number of carbonyl (C=O) groups is 3. The van der Waals surface area contributed by atoms with Gasteiger partial charge in [0.05, 0.1) is 16.7 Å². The molecule has 0 heterocycles. The standard InChI is InChI=1S/C15H10O7/c16-11-6-9(14(19)20)5-10(7-11)15(21)22-12-3-1-8(2-4-12)13(17)18/h1-7,16H,(H,17,18)(H,19,20). The summed E-state index contributed by atoms with van der Waals surface area (Å²) < 4.78 is 4.99. The Morgan fingerprint density at radius 1 is 0.773 bits per heavy atom. The number of ether oxygens (including phenoxy) is 1. The topological polar surface area (TPSA) is 121 Å². The van der Waals surface area contributed by atoms with E-state index in [1.54, 1.807) is 0 Å². The minimum Gasteiger partial charge on any atom is -0.508 e. The van der Waals surface area contributed by atoms with Crippen LogP contribution in [0.2, 0.25) is 0 Å². The van der Waals surface area contributed by atoms with E-state index >= 15 is 0 Å². The Hall–Kier alpha value is -3.35. The fourth-order valence-corrected chi connectivity index (χ4v) is 1.68. The fourth-order valence-electron chi connectivity index (χ4n) is 1.68. The predicted octanol–water partition coefficient (Wildman–Crippen LogP) is 2.01. The van der Waals surface area contributed by atoms with Crippen molar-refractivity contribution in [3.63, 3.8) is 0 Å². The summed E-state index contributed by atoms with van der Waals surface area (Å²) in [6.45, 7) is 0. The molecule has 0 bridgehead atoms. The number of benzene rings is 2. The monoisotopic (exact) mass is 302 g/mol. The van der Waals surface area contributed by atoms with Crippen molar-refractivity contribution in [2.75, 3.05) is 0 Å². The highest BCUT2D eigenvalue weighted by Gasteiger charge is 2.14. The Morgan fingerprint density at radius 3 is 1.86 bits per heavy atom. The number of carboxylic acids is 2. The van der Waals surface area contributed by atoms with Crippen LogP contribution < -0.4 is 4.74 Å². The molecule has 112 valence electrons. The second kappa shape index (κ2) is 5.96. The van der Waals surface area contributed by atoms with Crippen LogP contribution >= 0.6 is 0 Å². The highest BCUT2D eigenvalue weighted by atomic mass is 16.5. The van der Waals surface area contributed by atoms with E-state index in [2.05, 4.69) is 0 Å². The van der Waals surface area contributed by atoms with Crippen molar-refractivity contribution in [1.29, 1.82) is 0 Å². The Labute approximate surface area is 124 Å². The lowest BCUT2D eigenvalue weighted by molar-refractivity contribution is 0.0685. The van der Waals surface area contributed by atoms with Crippen LogP contribution in [0.5, 0.6) is 11.5 Å². The van der Waals surface area contributed by atoms with Crippen LogP contribution in [0.25, 0.3) is 0 Å². The van der Waals surface area contributed by atoms with Gasteiger partial charge in [0.2, 0.25) is 0 Å². The molecule has 7 nitrogen and oxygen atoms in total. The summed E-state index contributed by atoms with van der Waals surface area (Å²) >= 11 is 0. The second-order valence-electron chi connectivity index (χ2n) is 4.29. The Kier molecular flexibility index (Phi) is 4.08. The van der Waals surface area contributed by atoms with E-state index in [1.165, 1.54) is 24.3 Å². The lowest BCUT2D eigenvalue weighted by Gasteiger charge is -2.06. The van der Waals surface area contributed by atoms with E-state index in [-0.39, 0.29) is 28.2 Å². The molecule has 0 aromatic heterocycles. The number of carboxylic acid groups (broad SMARTS) is 2. The lowest BCUT2D eigenvalue weighted by Crippen LogP contribution is -2.10. The second-order valence-corrected chi connectivity index (χ2v) is 4.29. The first-order chi connectivity index (χ1) is 10.4. The van der Waals surface area contributed by atoms with Crippen molar-refractivity contribution in [3.8, 4) is 11.5 Å². The third kappa shape index (κ3) is 3.40. The van der Waals surface area contributed by atoms with E-state index in [0.717, 1.165) is 18.2 Å². The van der Waals surface area contributed by atoms with E-state index in [9.17, 15) is 19.5 Å². The number of hydrogen-bond donors (Lipinski definition) is 3. The zero-order valence-electron chi connectivity index (χ0n) is 11.0. The minimum atomic E-state index is -1.30. The van der Waals surface area contributed by atoms with Gasteiger partial charge < -0.3 is 20.1 Å². The maximum Gasteiger partial charge on any atom is 0.343 e. The molecular weight excluding hydrogens is 292 g/mol. The normalized spacial score (nSPS) is 10.0. The number of rotatable bonds is 4. The van der Waals surface area contributed by atoms with Crippen LogP contribution in [-0.2, 0) is 0 Å². The molecule has 0 spiro atoms. The molecule has 2 aromatic rings. The first-order valence-electron chi connectivity index (χ1n) is 5.99. The number of aromatic carboxylic acids is 2. The number of esters is 1. The summed E-state index contributed by atoms with van der Waals surface area (Å²) in [4.78, 5) is 33.5. The number of carbonyl (C=O) groups excluding carboxylic acids is 1. The fraction of sp³-hybridized carbons (Fsp3) is 0. The van der Waals surface area contributed by atoms with Gasteiger partial charge in [-0.05, 0) is 42.5 Å². The summed E-state index contributed by atoms with van der Waals surface area (Å²) in [5.41, 5.74) is -0.363. The van der Waals surface area contributed by atoms with Crippen molar-refractivity contribution >= 4 is 17.9 Å². The van der Waals surface area contributed by atoms with Crippen LogP contribution in [0, 0.1) is 0 Å². The van der Waals surface area contributed by atoms with Crippen molar-refractivity contribution in [3.05, 3.63) is 59.2 Å². The Balaban J connectivity index is 2.22. The molecule has 2 aromatic carbocycles. The highest BCUT2D eigenvalue weighted by molar-refractivity contribution is 5.96. The lowest BCUT2D eigenvalue weighted by atomic mass is 10.1. The summed E-state index contributed by atoms with van der Waals surface area (Å²) in [5, 5.41) is 27.0. The molecule has 0 radical (unpaired) electrons. The first-order valence-corrected chi connectivity index (χ1v) is 5.99. The van der Waals surface area contributed by atoms with Gasteiger partial charge in [-0.1, -0.05) is 0 Å². The van der Waals surface area contributed by atoms with E-state index in [4.69, 9.17) is 14.9 Å². The Bertz CT molecular complexity index is 747. The van der Waals surface area contributed by atoms with Gasteiger partial charge in [0.25, 0.3) is 0 Å². The third-order valence-electron chi connectivity index (χ3n) is 2.71. The average Bonchev–Trinajstić information content (AvgIpc) is 2.47. The summed E-state index contributed by atoms with van der Waals surface area (Å²) in [5.74, 6) is -3.57. The zero-order valence-corrected chi connectivity index (χ0v) is 11.0. The first kappa shape index (κ1) is 15.0. The summed E-state index contributed by atoms with van der Waals surface area (Å²) in [6.07, 6.45) is 0. The van der Waals surface area contributed by atoms with E-state index < -0.39 is 17.9 Å². The third-order valence-corrected chi connectivity index (χ3v) is 2.71. The zero-order chi connectivity index (χ0) is 16.3. The van der Waals surface area contributed by atoms with Gasteiger partial charge in [-0.3, -0.25) is 0 Å². The van der Waals surface area contributed by atoms with Crippen LogP contribution in [0.3, 0.4) is 0 Å². The van der Waals surface area contributed by atoms with Crippen LogP contribution in [0.15, 0.2) is 42.5 Å². The molecule has 0 aliphatic heterocycles. The molecule has 3 N–H and O–H groups in total. The molecule has 2 rings (SSSR count). The van der Waals surface area contributed by atoms with Crippen molar-refractivity contribution < 1.29 is 34.4 Å². The molecule has 0 unspecified atom stereocenters. The molecule has 0 aliphatic carbocycles. The van der Waals surface area contributed by atoms with Gasteiger partial charge in [-0.2, -0.15) is 0 Å². The minimum absolute atomic E-state index is 0.0327. The molecule has 0 amide bonds. The number of phenolic OH excluding ortho intramolecular Hbond substituents is 1. The summed E-state index contributed by atoms with van der Waals surface area (Å²) in [7, 11) is 0. The summed E-state index contributed by atoms with van der Waals surface area (Å²) in [6, 6.07) is 8.24. The average molecular weight is 302 g/mol. The Morgan fingerprint density at radius 2 is 1.32 bits per heavy atom. The van der Waals surface area contributed by atoms with Gasteiger partial charge >= 0.3 is 17.9 Å². The van der Waals surface area contributed by atoms with Gasteiger partial charge in [0, 0.05) is 0 Å². The van der Waals surface area contributed by atoms with Crippen LogP contribution in [-0.4, -0.2) is 33.2 Å². The van der Waals surface area contributed by atoms with Crippen molar-refractivity contribution in [1.82, 2.24) is 0 Å². The maximum absolute atomic E-state index is 11.9. The largest absolute Gasteiger partial charge is 0.508 e. The maximum atomic E-state index is 11.9. The molecule has 22 heavy (non-hydrogen) atoms. The van der Waals surface area contributed by atoms with Crippen LogP contribution in [0.4, 0.5) is 0 Å². The smallest absolute Gasteiger partial charge is 0.343 e. The molecule has 0 fully saturated rings. The highest BCUT2D eigenvalue weighted by Crippen LogP contribution is 2.19. The molecule has 0 atom stereocenters. The van der Waals surface area contributed by atoms with Crippen LogP contribution in [0.1, 0.15) is 31.1 Å². The van der Waals surface area contributed by atoms with Gasteiger partial charge in [0.15, 0.2) is 0 Å². The molecule has 0 saturated heterocycles. The number of hydrogen-bond acceptors (Lipinski definition) is 5. The quantitative estimate of drug-likeness (QED) is 0.583. The van der Waals surface area contributed by atoms with Gasteiger partial charge in [-0.15, -0.1) is 0 Å². The molecule has 7 heteroatoms. The van der Waals surface area contributed by atoms with Crippen molar-refractivity contribution in [2.24, 2.45) is 0 Å². The van der Waals surface area contributed by atoms with Crippen molar-refractivity contribution in [2.45, 2.75) is 0 Å². The molecule has 0 aliphatic rings. The number of phenols is 1. The predicted molar refractivity (Wildman–Crippen MR) is 73.4 cm³/mol. The van der Waals surface area contributed by atoms with Gasteiger partial charge in [0.1, 0.15) is 11.5 Å². The molecular formula is C15H10O7. The SMILES string of the molecule is O=C(O)c1ccc(OC(=O)c2cc(O)cc(C(=O)O)c2)cc1. The number of aromatic hydroxyl groups is 1. The van der Waals surface area contributed by atoms with Gasteiger partial charge in [-0.25, -0.2) is 14.4 Å². The molecule has 0 saturated carbocycles. The van der Waals surface area contributed by atoms with E-state index in [1.807, 2.05) is 0 Å².